The zero-order valence-electron chi connectivity index (χ0n) is 21.1. The summed E-state index contributed by atoms with van der Waals surface area (Å²) in [5.41, 5.74) is 2.36. The lowest BCUT2D eigenvalue weighted by molar-refractivity contribution is 0.0303. The number of hydrogen-bond acceptors (Lipinski definition) is 8. The van der Waals surface area contributed by atoms with Gasteiger partial charge in [0.05, 0.1) is 31.4 Å². The molecule has 2 aromatic carbocycles. The summed E-state index contributed by atoms with van der Waals surface area (Å²) in [5.74, 6) is 0.139. The van der Waals surface area contributed by atoms with Gasteiger partial charge in [-0.1, -0.05) is 0 Å². The zero-order chi connectivity index (χ0) is 25.9. The van der Waals surface area contributed by atoms with E-state index in [-0.39, 0.29) is 17.0 Å². The molecule has 2 N–H and O–H groups in total. The molecule has 10 nitrogen and oxygen atoms in total. The fourth-order valence-corrected chi connectivity index (χ4v) is 4.59. The number of rotatable bonds is 5. The van der Waals surface area contributed by atoms with Crippen molar-refractivity contribution in [1.29, 1.82) is 5.41 Å². The lowest BCUT2D eigenvalue weighted by Gasteiger charge is -2.34. The van der Waals surface area contributed by atoms with Gasteiger partial charge in [-0.2, -0.15) is 0 Å². The van der Waals surface area contributed by atoms with Crippen molar-refractivity contribution in [3.63, 3.8) is 0 Å². The fraction of sp³-hybridized carbons (Fsp3) is 0.370. The van der Waals surface area contributed by atoms with Gasteiger partial charge in [0.15, 0.2) is 11.3 Å². The molecule has 3 heterocycles. The molecule has 0 atom stereocenters. The molecule has 0 radical (unpaired) electrons. The molecule has 2 aliphatic heterocycles. The smallest absolute Gasteiger partial charge is 0.291 e. The summed E-state index contributed by atoms with van der Waals surface area (Å²) in [6.45, 7) is 5.61. The number of morpholine rings is 1. The molecule has 0 saturated carbocycles. The molecule has 0 spiro atoms. The zero-order valence-corrected chi connectivity index (χ0v) is 21.1. The number of likely N-dealkylation sites (N-methyl/N-ethyl adjacent to an activating group) is 1. The highest BCUT2D eigenvalue weighted by atomic mass is 16.5. The number of benzene rings is 2. The monoisotopic (exact) mass is 505 g/mol. The highest BCUT2D eigenvalue weighted by molar-refractivity contribution is 6.04. The molecule has 3 aromatic rings. The summed E-state index contributed by atoms with van der Waals surface area (Å²) >= 11 is 0. The van der Waals surface area contributed by atoms with E-state index in [2.05, 4.69) is 22.2 Å². The lowest BCUT2D eigenvalue weighted by atomic mass is 10.1. The number of piperazine rings is 1. The number of hydrogen-bond donors (Lipinski definition) is 2. The molecular formula is C27H31N5O5. The van der Waals surface area contributed by atoms with E-state index < -0.39 is 5.91 Å². The van der Waals surface area contributed by atoms with Crippen LogP contribution in [0.2, 0.25) is 0 Å². The Labute approximate surface area is 214 Å². The molecule has 0 bridgehead atoms. The van der Waals surface area contributed by atoms with Crippen molar-refractivity contribution >= 4 is 34.2 Å². The Morgan fingerprint density at radius 3 is 2.35 bits per heavy atom. The van der Waals surface area contributed by atoms with E-state index in [0.717, 1.165) is 31.9 Å². The molecule has 2 fully saturated rings. The van der Waals surface area contributed by atoms with E-state index in [0.29, 0.717) is 54.3 Å². The van der Waals surface area contributed by atoms with Crippen LogP contribution >= 0.6 is 0 Å². The Morgan fingerprint density at radius 2 is 1.68 bits per heavy atom. The number of fused-ring (bicyclic) bond motifs is 1. The van der Waals surface area contributed by atoms with E-state index in [9.17, 15) is 9.59 Å². The second kappa shape index (κ2) is 10.6. The number of nitrogens with one attached hydrogen (secondary N) is 2. The van der Waals surface area contributed by atoms with Crippen LogP contribution in [-0.4, -0.2) is 88.3 Å². The van der Waals surface area contributed by atoms with Crippen LogP contribution < -0.4 is 20.3 Å². The van der Waals surface area contributed by atoms with Gasteiger partial charge in [-0.3, -0.25) is 15.0 Å². The molecule has 2 saturated heterocycles. The highest BCUT2D eigenvalue weighted by Crippen LogP contribution is 2.32. The van der Waals surface area contributed by atoms with Crippen LogP contribution in [0.5, 0.6) is 5.75 Å². The minimum Gasteiger partial charge on any atom is -0.497 e. The first-order valence-electron chi connectivity index (χ1n) is 12.4. The van der Waals surface area contributed by atoms with Crippen LogP contribution in [0.15, 0.2) is 46.9 Å². The second-order valence-electron chi connectivity index (χ2n) is 9.27. The maximum atomic E-state index is 13.1. The molecular weight excluding hydrogens is 474 g/mol. The standard InChI is InChI=1S/C27H31N5O5/c1-30-7-9-31(10-8-30)23-16-20(35-2)15-21-22(28)17-24(37-25(21)23)26(33)29-19-5-3-18(4-6-19)27(34)32-11-13-36-14-12-32/h3-6,15-17,28H,7-14H2,1-2H3,(H,29,33). The van der Waals surface area contributed by atoms with E-state index in [1.165, 1.54) is 6.07 Å². The average molecular weight is 506 g/mol. The van der Waals surface area contributed by atoms with E-state index in [1.54, 1.807) is 42.3 Å². The summed E-state index contributed by atoms with van der Waals surface area (Å²) in [5, 5.41) is 12.2. The Bertz CT molecular complexity index is 1360. The van der Waals surface area contributed by atoms with Crippen LogP contribution in [0.3, 0.4) is 0 Å². The molecule has 10 heteroatoms. The van der Waals surface area contributed by atoms with Crippen molar-refractivity contribution in [2.75, 3.05) is 76.9 Å². The molecule has 1 aromatic heterocycles. The van der Waals surface area contributed by atoms with Crippen molar-refractivity contribution in [2.24, 2.45) is 0 Å². The third-order valence-corrected chi connectivity index (χ3v) is 6.81. The van der Waals surface area contributed by atoms with Crippen molar-refractivity contribution in [1.82, 2.24) is 9.80 Å². The highest BCUT2D eigenvalue weighted by Gasteiger charge is 2.22. The van der Waals surface area contributed by atoms with Crippen molar-refractivity contribution < 1.29 is 23.5 Å². The molecule has 5 rings (SSSR count). The second-order valence-corrected chi connectivity index (χ2v) is 9.27. The number of methoxy groups -OCH3 is 1. The molecule has 0 unspecified atom stereocenters. The van der Waals surface area contributed by atoms with Gasteiger partial charge in [0.25, 0.3) is 11.8 Å². The maximum Gasteiger partial charge on any atom is 0.291 e. The largest absolute Gasteiger partial charge is 0.497 e. The maximum absolute atomic E-state index is 13.1. The first kappa shape index (κ1) is 24.8. The number of nitrogens with zero attached hydrogens (tertiary/aromatic N) is 3. The van der Waals surface area contributed by atoms with Gasteiger partial charge >= 0.3 is 0 Å². The van der Waals surface area contributed by atoms with Gasteiger partial charge in [-0.25, -0.2) is 0 Å². The van der Waals surface area contributed by atoms with Crippen LogP contribution in [0.25, 0.3) is 11.0 Å². The Balaban J connectivity index is 1.39. The fourth-order valence-electron chi connectivity index (χ4n) is 4.59. The number of carbonyl (C=O) groups excluding carboxylic acids is 2. The van der Waals surface area contributed by atoms with E-state index >= 15 is 0 Å². The summed E-state index contributed by atoms with van der Waals surface area (Å²) < 4.78 is 16.9. The average Bonchev–Trinajstić information content (AvgIpc) is 2.93. The quantitative estimate of drug-likeness (QED) is 0.548. The third-order valence-electron chi connectivity index (χ3n) is 6.81. The van der Waals surface area contributed by atoms with Crippen molar-refractivity contribution in [3.05, 3.63) is 59.1 Å². The van der Waals surface area contributed by atoms with Gasteiger partial charge in [0.2, 0.25) is 0 Å². The van der Waals surface area contributed by atoms with E-state index in [1.807, 2.05) is 6.07 Å². The summed E-state index contributed by atoms with van der Waals surface area (Å²) in [6, 6.07) is 11.8. The number of carbonyl (C=O) groups is 2. The molecule has 0 aliphatic carbocycles. The lowest BCUT2D eigenvalue weighted by Crippen LogP contribution is -2.44. The third kappa shape index (κ3) is 5.30. The Kier molecular flexibility index (Phi) is 7.11. The first-order chi connectivity index (χ1) is 17.9. The summed E-state index contributed by atoms with van der Waals surface area (Å²) in [4.78, 5) is 32.0. The van der Waals surface area contributed by atoms with Crippen LogP contribution in [0.4, 0.5) is 11.4 Å². The van der Waals surface area contributed by atoms with Gasteiger partial charge < -0.3 is 33.9 Å². The number of ether oxygens (including phenoxy) is 2. The minimum atomic E-state index is -0.470. The predicted molar refractivity (Wildman–Crippen MR) is 139 cm³/mol. The van der Waals surface area contributed by atoms with Crippen LogP contribution in [0.1, 0.15) is 20.9 Å². The Morgan fingerprint density at radius 1 is 0.973 bits per heavy atom. The predicted octanol–water partition coefficient (Wildman–Crippen LogP) is 2.40. The van der Waals surface area contributed by atoms with Crippen molar-refractivity contribution in [3.8, 4) is 5.75 Å². The van der Waals surface area contributed by atoms with Crippen LogP contribution in [0, 0.1) is 5.41 Å². The summed E-state index contributed by atoms with van der Waals surface area (Å²) in [7, 11) is 3.68. The number of amides is 2. The van der Waals surface area contributed by atoms with Gasteiger partial charge in [-0.05, 0) is 37.4 Å². The normalized spacial score (nSPS) is 16.6. The molecule has 2 amide bonds. The summed E-state index contributed by atoms with van der Waals surface area (Å²) in [6.07, 6.45) is 0. The first-order valence-corrected chi connectivity index (χ1v) is 12.4. The van der Waals surface area contributed by atoms with Gasteiger partial charge in [0, 0.05) is 68.0 Å². The Hall–Kier alpha value is -3.89. The topological polar surface area (TPSA) is 111 Å². The molecule has 2 aliphatic rings. The molecule has 194 valence electrons. The van der Waals surface area contributed by atoms with Crippen molar-refractivity contribution in [2.45, 2.75) is 0 Å². The van der Waals surface area contributed by atoms with E-state index in [4.69, 9.17) is 19.3 Å². The van der Waals surface area contributed by atoms with Gasteiger partial charge in [-0.15, -0.1) is 0 Å². The van der Waals surface area contributed by atoms with Crippen LogP contribution in [-0.2, 0) is 4.74 Å². The number of anilines is 2. The SMILES string of the molecule is COc1cc(N2CCN(C)CC2)c2oc(C(=O)Nc3ccc(C(=O)N4CCOCC4)cc3)cc(=N)c2c1. The molecule has 37 heavy (non-hydrogen) atoms. The minimum absolute atomic E-state index is 0.0338. The van der Waals surface area contributed by atoms with Gasteiger partial charge in [0.1, 0.15) is 5.75 Å².